The van der Waals surface area contributed by atoms with Crippen molar-refractivity contribution < 1.29 is 4.79 Å². The monoisotopic (exact) mass is 371 g/mol. The number of aromatic nitrogens is 3. The van der Waals surface area contributed by atoms with Gasteiger partial charge in [-0.25, -0.2) is 9.78 Å². The van der Waals surface area contributed by atoms with Gasteiger partial charge in [-0.2, -0.15) is 0 Å². The Hall–Kier alpha value is -2.48. The third-order valence-electron chi connectivity index (χ3n) is 5.25. The summed E-state index contributed by atoms with van der Waals surface area (Å²) in [5.74, 6) is 0.278. The fraction of sp³-hybridized carbons (Fsp3) is 0.579. The maximum Gasteiger partial charge on any atom is 0.330 e. The van der Waals surface area contributed by atoms with Crippen LogP contribution in [0.4, 0.5) is 0 Å². The fourth-order valence-corrected chi connectivity index (χ4v) is 3.73. The number of fused-ring (bicyclic) bond motifs is 1. The van der Waals surface area contributed by atoms with Crippen LogP contribution in [-0.2, 0) is 6.54 Å². The van der Waals surface area contributed by atoms with Crippen LogP contribution in [0.2, 0.25) is 0 Å². The number of hydrogen-bond donors (Lipinski definition) is 2. The first-order valence-electron chi connectivity index (χ1n) is 9.57. The molecule has 1 aliphatic heterocycles. The summed E-state index contributed by atoms with van der Waals surface area (Å²) >= 11 is 0. The zero-order chi connectivity index (χ0) is 19.3. The van der Waals surface area contributed by atoms with Gasteiger partial charge in [-0.1, -0.05) is 13.8 Å². The van der Waals surface area contributed by atoms with Gasteiger partial charge in [0, 0.05) is 37.3 Å². The van der Waals surface area contributed by atoms with E-state index in [2.05, 4.69) is 9.97 Å². The number of aromatic amines is 1. The van der Waals surface area contributed by atoms with E-state index in [-0.39, 0.29) is 23.3 Å². The van der Waals surface area contributed by atoms with Gasteiger partial charge in [-0.05, 0) is 31.2 Å². The summed E-state index contributed by atoms with van der Waals surface area (Å²) in [5, 5.41) is 0.199. The number of carbonyl (C=O) groups is 1. The number of carbonyl (C=O) groups excluding carboxylic acids is 1. The average molecular weight is 371 g/mol. The van der Waals surface area contributed by atoms with Gasteiger partial charge in [0.2, 0.25) is 0 Å². The lowest BCUT2D eigenvalue weighted by Gasteiger charge is -2.19. The second-order valence-electron chi connectivity index (χ2n) is 8.13. The highest BCUT2D eigenvalue weighted by atomic mass is 16.2. The van der Waals surface area contributed by atoms with E-state index in [0.717, 1.165) is 25.0 Å². The molecule has 27 heavy (non-hydrogen) atoms. The number of H-pyrrole nitrogens is 1. The van der Waals surface area contributed by atoms with E-state index in [1.807, 2.05) is 13.8 Å². The largest absolute Gasteiger partial charge is 0.337 e. The number of nitrogens with one attached hydrogen (secondary N) is 1. The van der Waals surface area contributed by atoms with E-state index in [4.69, 9.17) is 5.73 Å². The lowest BCUT2D eigenvalue weighted by atomic mass is 10.1. The molecule has 2 fully saturated rings. The molecule has 8 heteroatoms. The number of hydrogen-bond acceptors (Lipinski definition) is 5. The lowest BCUT2D eigenvalue weighted by Crippen LogP contribution is -2.36. The Morgan fingerprint density at radius 2 is 2.07 bits per heavy atom. The van der Waals surface area contributed by atoms with Crippen LogP contribution >= 0.6 is 0 Å². The molecule has 4 rings (SSSR count). The molecule has 1 amide bonds. The maximum absolute atomic E-state index is 13.2. The number of rotatable bonds is 4. The summed E-state index contributed by atoms with van der Waals surface area (Å²) in [6.45, 7) is 5.46. The zero-order valence-electron chi connectivity index (χ0n) is 15.7. The fourth-order valence-electron chi connectivity index (χ4n) is 3.73. The SMILES string of the molecule is CC(C)Cn1c(=O)[nH]c(=O)c2c(C(=O)N3CC[C@@H](N)C3)cc(C3CC3)nc21. The molecule has 3 heterocycles. The molecule has 0 unspecified atom stereocenters. The predicted molar refractivity (Wildman–Crippen MR) is 102 cm³/mol. The van der Waals surface area contributed by atoms with Crippen molar-refractivity contribution in [1.82, 2.24) is 19.4 Å². The topological polar surface area (TPSA) is 114 Å². The predicted octanol–water partition coefficient (Wildman–Crippen LogP) is 0.791. The van der Waals surface area contributed by atoms with Crippen molar-refractivity contribution in [3.8, 4) is 0 Å². The van der Waals surface area contributed by atoms with Crippen molar-refractivity contribution in [3.63, 3.8) is 0 Å². The minimum Gasteiger partial charge on any atom is -0.337 e. The molecule has 0 spiro atoms. The normalized spacial score (nSPS) is 20.0. The highest BCUT2D eigenvalue weighted by molar-refractivity contribution is 6.05. The summed E-state index contributed by atoms with van der Waals surface area (Å²) in [4.78, 5) is 46.9. The third-order valence-corrected chi connectivity index (χ3v) is 5.25. The number of nitrogens with two attached hydrogens (primary N) is 1. The average Bonchev–Trinajstić information content (AvgIpc) is 3.38. The Bertz CT molecular complexity index is 1020. The molecule has 1 atom stereocenters. The van der Waals surface area contributed by atoms with E-state index in [1.54, 1.807) is 11.0 Å². The Kier molecular flexibility index (Phi) is 4.38. The number of amides is 1. The Morgan fingerprint density at radius 1 is 1.33 bits per heavy atom. The molecule has 144 valence electrons. The molecule has 8 nitrogen and oxygen atoms in total. The molecule has 0 radical (unpaired) electrons. The third kappa shape index (κ3) is 3.29. The van der Waals surface area contributed by atoms with E-state index in [9.17, 15) is 14.4 Å². The molecule has 1 saturated carbocycles. The van der Waals surface area contributed by atoms with Gasteiger partial charge in [0.25, 0.3) is 11.5 Å². The molecule has 2 aliphatic rings. The van der Waals surface area contributed by atoms with Crippen molar-refractivity contribution >= 4 is 16.9 Å². The van der Waals surface area contributed by atoms with Gasteiger partial charge in [0.05, 0.1) is 10.9 Å². The summed E-state index contributed by atoms with van der Waals surface area (Å²) in [6.07, 6.45) is 2.77. The molecule has 2 aromatic rings. The van der Waals surface area contributed by atoms with E-state index in [0.29, 0.717) is 36.8 Å². The van der Waals surface area contributed by atoms with Crippen LogP contribution in [0.1, 0.15) is 55.1 Å². The summed E-state index contributed by atoms with van der Waals surface area (Å²) < 4.78 is 1.49. The first-order chi connectivity index (χ1) is 12.8. The second kappa shape index (κ2) is 6.60. The molecule has 0 bridgehead atoms. The van der Waals surface area contributed by atoms with Crippen LogP contribution in [-0.4, -0.2) is 44.5 Å². The lowest BCUT2D eigenvalue weighted by molar-refractivity contribution is 0.0792. The van der Waals surface area contributed by atoms with Crippen molar-refractivity contribution in [1.29, 1.82) is 0 Å². The maximum atomic E-state index is 13.2. The first-order valence-corrected chi connectivity index (χ1v) is 9.57. The van der Waals surface area contributed by atoms with Gasteiger partial charge >= 0.3 is 5.69 Å². The van der Waals surface area contributed by atoms with Gasteiger partial charge < -0.3 is 10.6 Å². The van der Waals surface area contributed by atoms with E-state index >= 15 is 0 Å². The van der Waals surface area contributed by atoms with Crippen LogP contribution in [0.5, 0.6) is 0 Å². The molecule has 1 saturated heterocycles. The van der Waals surface area contributed by atoms with Gasteiger partial charge in [0.1, 0.15) is 0 Å². The number of pyridine rings is 1. The van der Waals surface area contributed by atoms with Gasteiger partial charge in [0.15, 0.2) is 5.65 Å². The standard InChI is InChI=1S/C19H25N5O3/c1-10(2)8-24-16-15(17(25)22-19(24)27)13(7-14(21-16)11-3-4-11)18(26)23-6-5-12(20)9-23/h7,10-12H,3-6,8-9,20H2,1-2H3,(H,22,25,27)/t12-/m1/s1. The molecule has 2 aromatic heterocycles. The van der Waals surface area contributed by atoms with Crippen LogP contribution in [0.15, 0.2) is 15.7 Å². The molecule has 3 N–H and O–H groups in total. The van der Waals surface area contributed by atoms with Crippen LogP contribution in [0, 0.1) is 5.92 Å². The summed E-state index contributed by atoms with van der Waals surface area (Å²) in [6, 6.07) is 1.70. The first kappa shape index (κ1) is 17.9. The minimum atomic E-state index is -0.559. The molecular weight excluding hydrogens is 346 g/mol. The van der Waals surface area contributed by atoms with Crippen molar-refractivity contribution in [2.45, 2.75) is 51.6 Å². The smallest absolute Gasteiger partial charge is 0.330 e. The molecular formula is C19H25N5O3. The number of nitrogens with zero attached hydrogens (tertiary/aromatic N) is 3. The zero-order valence-corrected chi connectivity index (χ0v) is 15.7. The Balaban J connectivity index is 1.95. The molecule has 1 aliphatic carbocycles. The highest BCUT2D eigenvalue weighted by Crippen LogP contribution is 2.40. The van der Waals surface area contributed by atoms with Crippen LogP contribution in [0.25, 0.3) is 11.0 Å². The summed E-state index contributed by atoms with van der Waals surface area (Å²) in [7, 11) is 0. The van der Waals surface area contributed by atoms with Crippen molar-refractivity contribution in [3.05, 3.63) is 38.2 Å². The van der Waals surface area contributed by atoms with E-state index in [1.165, 1.54) is 4.57 Å². The second-order valence-corrected chi connectivity index (χ2v) is 8.13. The summed E-state index contributed by atoms with van der Waals surface area (Å²) in [5.41, 5.74) is 6.34. The van der Waals surface area contributed by atoms with Crippen molar-refractivity contribution in [2.24, 2.45) is 11.7 Å². The minimum absolute atomic E-state index is 0.0395. The van der Waals surface area contributed by atoms with Gasteiger partial charge in [-0.15, -0.1) is 0 Å². The molecule has 0 aromatic carbocycles. The highest BCUT2D eigenvalue weighted by Gasteiger charge is 2.31. The van der Waals surface area contributed by atoms with E-state index < -0.39 is 11.2 Å². The van der Waals surface area contributed by atoms with Crippen LogP contribution < -0.4 is 17.0 Å². The quantitative estimate of drug-likeness (QED) is 0.825. The van der Waals surface area contributed by atoms with Crippen LogP contribution in [0.3, 0.4) is 0 Å². The van der Waals surface area contributed by atoms with Crippen molar-refractivity contribution in [2.75, 3.05) is 13.1 Å². The van der Waals surface area contributed by atoms with Gasteiger partial charge in [-0.3, -0.25) is 19.1 Å². The Morgan fingerprint density at radius 3 is 2.67 bits per heavy atom. The number of likely N-dealkylation sites (tertiary alicyclic amines) is 1. The Labute approximate surface area is 156 Å².